The van der Waals surface area contributed by atoms with Gasteiger partial charge in [-0.15, -0.1) is 0 Å². The van der Waals surface area contributed by atoms with E-state index in [0.29, 0.717) is 22.6 Å². The van der Waals surface area contributed by atoms with E-state index in [1.54, 1.807) is 30.3 Å². The monoisotopic (exact) mass is 399 g/mol. The molecule has 1 fully saturated rings. The van der Waals surface area contributed by atoms with Crippen LogP contribution in [0.5, 0.6) is 0 Å². The number of nitrogens with one attached hydrogen (secondary N) is 1. The number of rotatable bonds is 5. The van der Waals surface area contributed by atoms with Gasteiger partial charge in [0.15, 0.2) is 9.84 Å². The normalized spacial score (nSPS) is 16.4. The van der Waals surface area contributed by atoms with E-state index in [1.807, 2.05) is 0 Å². The van der Waals surface area contributed by atoms with Gasteiger partial charge in [0.1, 0.15) is 18.0 Å². The molecule has 2 aromatic carbocycles. The predicted molar refractivity (Wildman–Crippen MR) is 107 cm³/mol. The van der Waals surface area contributed by atoms with Gasteiger partial charge in [-0.25, -0.2) is 22.8 Å². The minimum Gasteiger partial charge on any atom is -0.362 e. The second-order valence-electron chi connectivity index (χ2n) is 7.39. The molecule has 7 heteroatoms. The van der Waals surface area contributed by atoms with E-state index in [2.05, 4.69) is 15.3 Å². The van der Waals surface area contributed by atoms with Crippen LogP contribution in [0.15, 0.2) is 53.7 Å². The van der Waals surface area contributed by atoms with Crippen molar-refractivity contribution in [2.45, 2.75) is 36.6 Å². The fourth-order valence-electron chi connectivity index (χ4n) is 3.96. The lowest BCUT2D eigenvalue weighted by atomic mass is 9.91. The van der Waals surface area contributed by atoms with Crippen molar-refractivity contribution in [1.29, 1.82) is 0 Å². The highest BCUT2D eigenvalue weighted by molar-refractivity contribution is 7.90. The molecule has 1 aliphatic rings. The maximum absolute atomic E-state index is 13.4. The van der Waals surface area contributed by atoms with Crippen molar-refractivity contribution in [2.24, 2.45) is 5.92 Å². The fraction of sp³-hybridized carbons (Fsp3) is 0.333. The molecule has 4 rings (SSSR count). The number of hydrogen-bond acceptors (Lipinski definition) is 5. The number of aromatic nitrogens is 2. The quantitative estimate of drug-likeness (QED) is 0.683. The summed E-state index contributed by atoms with van der Waals surface area (Å²) in [5.41, 5.74) is 1.67. The maximum atomic E-state index is 13.4. The summed E-state index contributed by atoms with van der Waals surface area (Å²) in [7, 11) is -3.34. The van der Waals surface area contributed by atoms with Crippen LogP contribution in [0, 0.1) is 11.7 Å². The van der Waals surface area contributed by atoms with E-state index >= 15 is 0 Å². The van der Waals surface area contributed by atoms with Gasteiger partial charge in [0, 0.05) is 11.6 Å². The average molecular weight is 399 g/mol. The van der Waals surface area contributed by atoms with E-state index in [9.17, 15) is 12.8 Å². The van der Waals surface area contributed by atoms with Crippen LogP contribution >= 0.6 is 0 Å². The average Bonchev–Trinajstić information content (AvgIpc) is 3.20. The standard InChI is InChI=1S/C21H22FN3O2S/c1-28(26,27)17-10-11-19-18(12-17)21(24-13-23-19)25-20(14-4-2-3-5-14)15-6-8-16(22)9-7-15/h6-14,20H,2-5H2,1H3,(H,23,24,25). The Labute approximate surface area is 163 Å². The molecule has 1 heterocycles. The van der Waals surface area contributed by atoms with Crippen molar-refractivity contribution >= 4 is 26.6 Å². The smallest absolute Gasteiger partial charge is 0.175 e. The van der Waals surface area contributed by atoms with Crippen LogP contribution in [-0.2, 0) is 9.84 Å². The van der Waals surface area contributed by atoms with Gasteiger partial charge in [-0.2, -0.15) is 0 Å². The van der Waals surface area contributed by atoms with Crippen LogP contribution in [0.1, 0.15) is 37.3 Å². The molecule has 0 saturated heterocycles. The first kappa shape index (κ1) is 18.8. The van der Waals surface area contributed by atoms with Crippen LogP contribution in [0.25, 0.3) is 10.9 Å². The van der Waals surface area contributed by atoms with Crippen LogP contribution in [0.4, 0.5) is 10.2 Å². The van der Waals surface area contributed by atoms with Gasteiger partial charge in [-0.05, 0) is 54.7 Å². The van der Waals surface area contributed by atoms with Crippen molar-refractivity contribution < 1.29 is 12.8 Å². The molecule has 1 unspecified atom stereocenters. The van der Waals surface area contributed by atoms with Gasteiger partial charge in [0.25, 0.3) is 0 Å². The molecular formula is C21H22FN3O2S. The van der Waals surface area contributed by atoms with Gasteiger partial charge >= 0.3 is 0 Å². The van der Waals surface area contributed by atoms with E-state index in [4.69, 9.17) is 0 Å². The molecule has 1 atom stereocenters. The Balaban J connectivity index is 1.77. The first-order valence-corrected chi connectivity index (χ1v) is 11.3. The zero-order valence-electron chi connectivity index (χ0n) is 15.6. The topological polar surface area (TPSA) is 72.0 Å². The second kappa shape index (κ2) is 7.47. The Kier molecular flexibility index (Phi) is 5.02. The second-order valence-corrected chi connectivity index (χ2v) is 9.41. The number of hydrogen-bond donors (Lipinski definition) is 1. The van der Waals surface area contributed by atoms with Gasteiger partial charge < -0.3 is 5.32 Å². The van der Waals surface area contributed by atoms with E-state index < -0.39 is 9.84 Å². The van der Waals surface area contributed by atoms with E-state index in [0.717, 1.165) is 18.4 Å². The summed E-state index contributed by atoms with van der Waals surface area (Å²) in [5.74, 6) is 0.740. The largest absolute Gasteiger partial charge is 0.362 e. The van der Waals surface area contributed by atoms with E-state index in [1.165, 1.54) is 37.6 Å². The lowest BCUT2D eigenvalue weighted by Gasteiger charge is -2.26. The SMILES string of the molecule is CS(=O)(=O)c1ccc2ncnc(NC(c3ccc(F)cc3)C3CCCC3)c2c1. The number of fused-ring (bicyclic) bond motifs is 1. The van der Waals surface area contributed by atoms with Crippen LogP contribution in [0.2, 0.25) is 0 Å². The van der Waals surface area contributed by atoms with Crippen molar-refractivity contribution in [3.63, 3.8) is 0 Å². The van der Waals surface area contributed by atoms with Crippen LogP contribution < -0.4 is 5.32 Å². The van der Waals surface area contributed by atoms with Crippen LogP contribution in [-0.4, -0.2) is 24.6 Å². The van der Waals surface area contributed by atoms with Gasteiger partial charge in [0.2, 0.25) is 0 Å². The molecule has 3 aromatic rings. The molecule has 0 radical (unpaired) electrons. The van der Waals surface area contributed by atoms with Crippen molar-refractivity contribution in [3.05, 3.63) is 60.2 Å². The van der Waals surface area contributed by atoms with Crippen molar-refractivity contribution in [3.8, 4) is 0 Å². The zero-order valence-corrected chi connectivity index (χ0v) is 16.4. The highest BCUT2D eigenvalue weighted by Crippen LogP contribution is 2.38. The van der Waals surface area contributed by atoms with Gasteiger partial charge in [0.05, 0.1) is 16.5 Å². The fourth-order valence-corrected chi connectivity index (χ4v) is 4.61. The molecule has 5 nitrogen and oxygen atoms in total. The lowest BCUT2D eigenvalue weighted by Crippen LogP contribution is -2.20. The Morgan fingerprint density at radius 1 is 1.07 bits per heavy atom. The number of sulfone groups is 1. The molecular weight excluding hydrogens is 377 g/mol. The Morgan fingerprint density at radius 3 is 2.46 bits per heavy atom. The molecule has 1 N–H and O–H groups in total. The lowest BCUT2D eigenvalue weighted by molar-refractivity contribution is 0.468. The Bertz CT molecular complexity index is 1090. The summed E-state index contributed by atoms with van der Waals surface area (Å²) >= 11 is 0. The summed E-state index contributed by atoms with van der Waals surface area (Å²) in [4.78, 5) is 8.89. The molecule has 0 amide bonds. The maximum Gasteiger partial charge on any atom is 0.175 e. The van der Waals surface area contributed by atoms with Crippen molar-refractivity contribution in [2.75, 3.05) is 11.6 Å². The first-order valence-electron chi connectivity index (χ1n) is 9.38. The first-order chi connectivity index (χ1) is 13.4. The molecule has 28 heavy (non-hydrogen) atoms. The molecule has 146 valence electrons. The number of halogens is 1. The van der Waals surface area contributed by atoms with E-state index in [-0.39, 0.29) is 16.8 Å². The molecule has 0 aliphatic heterocycles. The molecule has 0 spiro atoms. The summed E-state index contributed by atoms with van der Waals surface area (Å²) < 4.78 is 37.4. The third-order valence-corrected chi connectivity index (χ3v) is 6.54. The molecule has 1 saturated carbocycles. The minimum atomic E-state index is -3.34. The van der Waals surface area contributed by atoms with Crippen molar-refractivity contribution in [1.82, 2.24) is 9.97 Å². The summed E-state index contributed by atoms with van der Waals surface area (Å²) in [6.07, 6.45) is 7.19. The third kappa shape index (κ3) is 3.85. The predicted octanol–water partition coefficient (Wildman–Crippen LogP) is 4.52. The van der Waals surface area contributed by atoms with Gasteiger partial charge in [-0.3, -0.25) is 0 Å². The highest BCUT2D eigenvalue weighted by Gasteiger charge is 2.27. The molecule has 1 aromatic heterocycles. The molecule has 0 bridgehead atoms. The molecule has 1 aliphatic carbocycles. The number of anilines is 1. The zero-order chi connectivity index (χ0) is 19.7. The number of benzene rings is 2. The summed E-state index contributed by atoms with van der Waals surface area (Å²) in [6.45, 7) is 0. The Morgan fingerprint density at radius 2 is 1.79 bits per heavy atom. The van der Waals surface area contributed by atoms with Crippen LogP contribution in [0.3, 0.4) is 0 Å². The van der Waals surface area contributed by atoms with Gasteiger partial charge in [-0.1, -0.05) is 25.0 Å². The highest BCUT2D eigenvalue weighted by atomic mass is 32.2. The summed E-state index contributed by atoms with van der Waals surface area (Å²) in [6, 6.07) is 11.4. The minimum absolute atomic E-state index is 0.0249. The number of nitrogens with zero attached hydrogens (tertiary/aromatic N) is 2. The summed E-state index contributed by atoms with van der Waals surface area (Å²) in [5, 5.41) is 4.17. The Hall–Kier alpha value is -2.54. The third-order valence-electron chi connectivity index (χ3n) is 5.43.